The first-order valence-electron chi connectivity index (χ1n) is 5.94. The Kier molecular flexibility index (Phi) is 3.98. The Morgan fingerprint density at radius 1 is 1.42 bits per heavy atom. The highest BCUT2D eigenvalue weighted by atomic mass is 35.5. The van der Waals surface area contributed by atoms with E-state index in [1.807, 2.05) is 13.0 Å². The molecule has 0 saturated heterocycles. The van der Waals surface area contributed by atoms with Crippen molar-refractivity contribution < 1.29 is 4.79 Å². The fraction of sp³-hybridized carbons (Fsp3) is 0.214. The van der Waals surface area contributed by atoms with Gasteiger partial charge in [-0.25, -0.2) is 4.68 Å². The number of halogens is 1. The van der Waals surface area contributed by atoms with Gasteiger partial charge in [-0.15, -0.1) is 0 Å². The SMILES string of the molecule is CCCc1nn(-c2ccc(C#N)cc2)c(Cl)c1C=O. The molecular weight excluding hydrogens is 262 g/mol. The predicted octanol–water partition coefficient (Wildman–Crippen LogP) is 3.16. The van der Waals surface area contributed by atoms with Crippen molar-refractivity contribution in [3.8, 4) is 11.8 Å². The molecule has 1 aromatic carbocycles. The smallest absolute Gasteiger partial charge is 0.155 e. The summed E-state index contributed by atoms with van der Waals surface area (Å²) in [4.78, 5) is 11.1. The third kappa shape index (κ3) is 2.51. The van der Waals surface area contributed by atoms with Gasteiger partial charge >= 0.3 is 0 Å². The summed E-state index contributed by atoms with van der Waals surface area (Å²) in [7, 11) is 0. The van der Waals surface area contributed by atoms with E-state index in [-0.39, 0.29) is 0 Å². The Morgan fingerprint density at radius 2 is 2.11 bits per heavy atom. The normalized spacial score (nSPS) is 10.2. The molecule has 0 radical (unpaired) electrons. The van der Waals surface area contributed by atoms with Gasteiger partial charge in [-0.05, 0) is 30.7 Å². The summed E-state index contributed by atoms with van der Waals surface area (Å²) in [5.41, 5.74) is 2.44. The zero-order chi connectivity index (χ0) is 13.8. The van der Waals surface area contributed by atoms with Crippen molar-refractivity contribution in [2.45, 2.75) is 19.8 Å². The van der Waals surface area contributed by atoms with Crippen LogP contribution in [-0.2, 0) is 6.42 Å². The number of rotatable bonds is 4. The molecule has 0 aliphatic rings. The van der Waals surface area contributed by atoms with Crippen LogP contribution in [0.4, 0.5) is 0 Å². The fourth-order valence-corrected chi connectivity index (χ4v) is 2.13. The number of aromatic nitrogens is 2. The van der Waals surface area contributed by atoms with E-state index in [4.69, 9.17) is 16.9 Å². The highest BCUT2D eigenvalue weighted by Gasteiger charge is 2.16. The summed E-state index contributed by atoms with van der Waals surface area (Å²) in [5, 5.41) is 13.4. The number of hydrogen-bond donors (Lipinski definition) is 0. The lowest BCUT2D eigenvalue weighted by atomic mass is 10.2. The number of carbonyl (C=O) groups is 1. The molecule has 0 fully saturated rings. The number of aldehydes is 1. The highest BCUT2D eigenvalue weighted by Crippen LogP contribution is 2.23. The lowest BCUT2D eigenvalue weighted by Gasteiger charge is -2.02. The summed E-state index contributed by atoms with van der Waals surface area (Å²) < 4.78 is 1.53. The lowest BCUT2D eigenvalue weighted by Crippen LogP contribution is -1.97. The van der Waals surface area contributed by atoms with E-state index < -0.39 is 0 Å². The topological polar surface area (TPSA) is 58.7 Å². The van der Waals surface area contributed by atoms with Gasteiger partial charge in [-0.1, -0.05) is 24.9 Å². The molecule has 0 bridgehead atoms. The maximum atomic E-state index is 11.1. The third-order valence-corrected chi connectivity index (χ3v) is 3.15. The van der Waals surface area contributed by atoms with Crippen molar-refractivity contribution >= 4 is 17.9 Å². The van der Waals surface area contributed by atoms with E-state index in [9.17, 15) is 4.79 Å². The van der Waals surface area contributed by atoms with Crippen LogP contribution in [-0.4, -0.2) is 16.1 Å². The zero-order valence-electron chi connectivity index (χ0n) is 10.4. The molecule has 4 nitrogen and oxygen atoms in total. The van der Waals surface area contributed by atoms with Crippen molar-refractivity contribution in [1.82, 2.24) is 9.78 Å². The van der Waals surface area contributed by atoms with Gasteiger partial charge in [0.15, 0.2) is 6.29 Å². The molecule has 0 atom stereocenters. The van der Waals surface area contributed by atoms with Crippen LogP contribution < -0.4 is 0 Å². The molecule has 0 aliphatic carbocycles. The van der Waals surface area contributed by atoms with Crippen LogP contribution in [0.1, 0.15) is 35.0 Å². The van der Waals surface area contributed by atoms with Crippen molar-refractivity contribution in [2.24, 2.45) is 0 Å². The Bertz CT molecular complexity index is 638. The molecule has 2 rings (SSSR count). The van der Waals surface area contributed by atoms with Gasteiger partial charge in [0.05, 0.1) is 28.6 Å². The maximum Gasteiger partial charge on any atom is 0.155 e. The molecule has 0 N–H and O–H groups in total. The standard InChI is InChI=1S/C14H12ClN3O/c1-2-3-13-12(9-19)14(15)18(17-13)11-6-4-10(8-16)5-7-11/h4-7,9H,2-3H2,1H3. The van der Waals surface area contributed by atoms with E-state index in [1.54, 1.807) is 24.3 Å². The summed E-state index contributed by atoms with van der Waals surface area (Å²) in [5.74, 6) is 0. The second-order valence-corrected chi connectivity index (χ2v) is 4.45. The van der Waals surface area contributed by atoms with E-state index in [0.717, 1.165) is 18.4 Å². The first kappa shape index (κ1) is 13.3. The minimum absolute atomic E-state index is 0.308. The molecule has 96 valence electrons. The molecule has 0 aliphatic heterocycles. The van der Waals surface area contributed by atoms with Crippen LogP contribution in [0.25, 0.3) is 5.69 Å². The lowest BCUT2D eigenvalue weighted by molar-refractivity contribution is 0.112. The molecule has 0 spiro atoms. The third-order valence-electron chi connectivity index (χ3n) is 2.79. The first-order chi connectivity index (χ1) is 9.21. The van der Waals surface area contributed by atoms with Gasteiger partial charge in [0.1, 0.15) is 5.15 Å². The van der Waals surface area contributed by atoms with Crippen molar-refractivity contribution in [3.63, 3.8) is 0 Å². The molecular formula is C14H12ClN3O. The number of nitrogens with zero attached hydrogens (tertiary/aromatic N) is 3. The highest BCUT2D eigenvalue weighted by molar-refractivity contribution is 6.32. The van der Waals surface area contributed by atoms with Crippen LogP contribution in [0, 0.1) is 11.3 Å². The van der Waals surface area contributed by atoms with Gasteiger partial charge in [0, 0.05) is 0 Å². The van der Waals surface area contributed by atoms with E-state index in [0.29, 0.717) is 28.4 Å². The quantitative estimate of drug-likeness (QED) is 0.804. The molecule has 5 heteroatoms. The van der Waals surface area contributed by atoms with Crippen molar-refractivity contribution in [3.05, 3.63) is 46.2 Å². The van der Waals surface area contributed by atoms with Gasteiger partial charge in [0.2, 0.25) is 0 Å². The van der Waals surface area contributed by atoms with Crippen molar-refractivity contribution in [1.29, 1.82) is 5.26 Å². The second-order valence-electron chi connectivity index (χ2n) is 4.09. The number of aryl methyl sites for hydroxylation is 1. The number of hydrogen-bond acceptors (Lipinski definition) is 3. The summed E-state index contributed by atoms with van der Waals surface area (Å²) in [6.07, 6.45) is 2.33. The Balaban J connectivity index is 2.49. The Morgan fingerprint density at radius 3 is 2.63 bits per heavy atom. The molecule has 2 aromatic rings. The predicted molar refractivity (Wildman–Crippen MR) is 72.7 cm³/mol. The monoisotopic (exact) mass is 273 g/mol. The molecule has 1 aromatic heterocycles. The zero-order valence-corrected chi connectivity index (χ0v) is 11.2. The maximum absolute atomic E-state index is 11.1. The van der Waals surface area contributed by atoms with E-state index >= 15 is 0 Å². The van der Waals surface area contributed by atoms with Crippen LogP contribution in [0.5, 0.6) is 0 Å². The molecule has 0 amide bonds. The number of nitriles is 1. The minimum Gasteiger partial charge on any atom is -0.298 e. The molecule has 0 unspecified atom stereocenters. The minimum atomic E-state index is 0.308. The number of carbonyl (C=O) groups excluding carboxylic acids is 1. The second kappa shape index (κ2) is 5.68. The average molecular weight is 274 g/mol. The summed E-state index contributed by atoms with van der Waals surface area (Å²) in [6, 6.07) is 8.93. The van der Waals surface area contributed by atoms with Crippen molar-refractivity contribution in [2.75, 3.05) is 0 Å². The van der Waals surface area contributed by atoms with Gasteiger partial charge in [-0.3, -0.25) is 4.79 Å². The fourth-order valence-electron chi connectivity index (χ4n) is 1.84. The molecule has 19 heavy (non-hydrogen) atoms. The summed E-state index contributed by atoms with van der Waals surface area (Å²) in [6.45, 7) is 2.02. The van der Waals surface area contributed by atoms with Crippen LogP contribution >= 0.6 is 11.6 Å². The Hall–Kier alpha value is -2.12. The Labute approximate surface area is 116 Å². The number of benzene rings is 1. The summed E-state index contributed by atoms with van der Waals surface area (Å²) >= 11 is 6.18. The largest absolute Gasteiger partial charge is 0.298 e. The molecule has 0 saturated carbocycles. The average Bonchev–Trinajstić information content (AvgIpc) is 2.75. The van der Waals surface area contributed by atoms with Crippen LogP contribution in [0.2, 0.25) is 5.15 Å². The van der Waals surface area contributed by atoms with Gasteiger partial charge < -0.3 is 0 Å². The van der Waals surface area contributed by atoms with Crippen LogP contribution in [0.15, 0.2) is 24.3 Å². The van der Waals surface area contributed by atoms with Gasteiger partial charge in [0.25, 0.3) is 0 Å². The van der Waals surface area contributed by atoms with E-state index in [1.165, 1.54) is 4.68 Å². The van der Waals surface area contributed by atoms with Crippen LogP contribution in [0.3, 0.4) is 0 Å². The molecule has 1 heterocycles. The van der Waals surface area contributed by atoms with Gasteiger partial charge in [-0.2, -0.15) is 10.4 Å². The van der Waals surface area contributed by atoms with E-state index in [2.05, 4.69) is 5.10 Å². The first-order valence-corrected chi connectivity index (χ1v) is 6.32.